The van der Waals surface area contributed by atoms with Crippen LogP contribution in [0.2, 0.25) is 0 Å². The van der Waals surface area contributed by atoms with Gasteiger partial charge in [-0.25, -0.2) is 0 Å². The van der Waals surface area contributed by atoms with Gasteiger partial charge in [-0.05, 0) is 6.42 Å². The van der Waals surface area contributed by atoms with E-state index in [9.17, 15) is 10.2 Å². The van der Waals surface area contributed by atoms with Crippen LogP contribution in [-0.2, 0) is 4.74 Å². The van der Waals surface area contributed by atoms with Gasteiger partial charge >= 0.3 is 0 Å². The lowest BCUT2D eigenvalue weighted by molar-refractivity contribution is -0.274. The van der Waals surface area contributed by atoms with Crippen LogP contribution in [0.5, 0.6) is 0 Å². The standard InChI is InChI=1S/C8H16O5/c1-2-4-5(3-9)13-8(12)7(11)6(4)10/h4-12H,2-3H2,1H3. The zero-order valence-corrected chi connectivity index (χ0v) is 7.50. The fourth-order valence-electron chi connectivity index (χ4n) is 1.69. The molecule has 78 valence electrons. The number of aliphatic hydroxyl groups is 4. The Bertz CT molecular complexity index is 161. The SMILES string of the molecule is CCC1C(CO)OC(O)C(O)C1O. The van der Waals surface area contributed by atoms with Gasteiger partial charge in [-0.1, -0.05) is 6.92 Å². The summed E-state index contributed by atoms with van der Waals surface area (Å²) in [6.45, 7) is 1.56. The first-order valence-corrected chi connectivity index (χ1v) is 4.42. The molecule has 0 amide bonds. The lowest BCUT2D eigenvalue weighted by atomic mass is 9.87. The van der Waals surface area contributed by atoms with Gasteiger partial charge in [-0.2, -0.15) is 0 Å². The van der Waals surface area contributed by atoms with E-state index >= 15 is 0 Å². The van der Waals surface area contributed by atoms with Crippen LogP contribution in [0, 0.1) is 5.92 Å². The molecule has 13 heavy (non-hydrogen) atoms. The van der Waals surface area contributed by atoms with E-state index in [-0.39, 0.29) is 12.5 Å². The third-order valence-electron chi connectivity index (χ3n) is 2.52. The van der Waals surface area contributed by atoms with Crippen LogP contribution in [0.1, 0.15) is 13.3 Å². The summed E-state index contributed by atoms with van der Waals surface area (Å²) in [4.78, 5) is 0. The lowest BCUT2D eigenvalue weighted by Crippen LogP contribution is -2.55. The molecule has 0 aromatic carbocycles. The van der Waals surface area contributed by atoms with Crippen LogP contribution >= 0.6 is 0 Å². The van der Waals surface area contributed by atoms with Gasteiger partial charge in [0.05, 0.1) is 18.8 Å². The van der Waals surface area contributed by atoms with E-state index in [1.165, 1.54) is 0 Å². The molecule has 1 aliphatic rings. The number of rotatable bonds is 2. The average Bonchev–Trinajstić information content (AvgIpc) is 2.13. The minimum Gasteiger partial charge on any atom is -0.394 e. The first kappa shape index (κ1) is 10.9. The molecule has 5 nitrogen and oxygen atoms in total. The van der Waals surface area contributed by atoms with Crippen molar-refractivity contribution in [3.05, 3.63) is 0 Å². The van der Waals surface area contributed by atoms with Crippen LogP contribution in [-0.4, -0.2) is 51.6 Å². The predicted octanol–water partition coefficient (Wildman–Crippen LogP) is -1.56. The van der Waals surface area contributed by atoms with Crippen LogP contribution in [0.3, 0.4) is 0 Å². The number of hydrogen-bond acceptors (Lipinski definition) is 5. The van der Waals surface area contributed by atoms with E-state index in [1.54, 1.807) is 0 Å². The molecule has 5 atom stereocenters. The van der Waals surface area contributed by atoms with Gasteiger partial charge in [0.25, 0.3) is 0 Å². The number of ether oxygens (including phenoxy) is 1. The van der Waals surface area contributed by atoms with Crippen molar-refractivity contribution in [1.82, 2.24) is 0 Å². The minimum atomic E-state index is -1.41. The molecular weight excluding hydrogens is 176 g/mol. The van der Waals surface area contributed by atoms with E-state index in [2.05, 4.69) is 0 Å². The monoisotopic (exact) mass is 192 g/mol. The van der Waals surface area contributed by atoms with Crippen molar-refractivity contribution >= 4 is 0 Å². The minimum absolute atomic E-state index is 0.265. The second kappa shape index (κ2) is 4.34. The summed E-state index contributed by atoms with van der Waals surface area (Å²) in [5, 5.41) is 36.8. The summed E-state index contributed by atoms with van der Waals surface area (Å²) >= 11 is 0. The molecule has 0 saturated carbocycles. The zero-order valence-electron chi connectivity index (χ0n) is 7.50. The fourth-order valence-corrected chi connectivity index (χ4v) is 1.69. The second-order valence-corrected chi connectivity index (χ2v) is 3.30. The molecule has 1 fully saturated rings. The first-order valence-electron chi connectivity index (χ1n) is 4.42. The van der Waals surface area contributed by atoms with E-state index in [1.807, 2.05) is 6.92 Å². The van der Waals surface area contributed by atoms with Gasteiger partial charge in [-0.3, -0.25) is 0 Å². The number of aliphatic hydroxyl groups excluding tert-OH is 4. The van der Waals surface area contributed by atoms with E-state index in [0.29, 0.717) is 6.42 Å². The summed E-state index contributed by atoms with van der Waals surface area (Å²) in [5.41, 5.74) is 0. The molecule has 5 heteroatoms. The van der Waals surface area contributed by atoms with E-state index < -0.39 is 24.6 Å². The smallest absolute Gasteiger partial charge is 0.183 e. The average molecular weight is 192 g/mol. The predicted molar refractivity (Wildman–Crippen MR) is 43.8 cm³/mol. The zero-order chi connectivity index (χ0) is 10.0. The first-order chi connectivity index (χ1) is 6.11. The fraction of sp³-hybridized carbons (Fsp3) is 1.00. The van der Waals surface area contributed by atoms with Crippen LogP contribution in [0.4, 0.5) is 0 Å². The lowest BCUT2D eigenvalue weighted by Gasteiger charge is -2.39. The van der Waals surface area contributed by atoms with Gasteiger partial charge in [-0.15, -0.1) is 0 Å². The molecule has 1 heterocycles. The summed E-state index contributed by atoms with van der Waals surface area (Å²) in [7, 11) is 0. The molecule has 0 spiro atoms. The van der Waals surface area contributed by atoms with Crippen LogP contribution < -0.4 is 0 Å². The maximum Gasteiger partial charge on any atom is 0.183 e. The maximum atomic E-state index is 9.51. The van der Waals surface area contributed by atoms with E-state index in [4.69, 9.17) is 14.9 Å². The molecule has 5 unspecified atom stereocenters. The molecular formula is C8H16O5. The Balaban J connectivity index is 2.69. The Morgan fingerprint density at radius 3 is 2.23 bits per heavy atom. The van der Waals surface area contributed by atoms with Crippen LogP contribution in [0.25, 0.3) is 0 Å². The highest BCUT2D eigenvalue weighted by atomic mass is 16.6. The van der Waals surface area contributed by atoms with Gasteiger partial charge in [0.15, 0.2) is 6.29 Å². The van der Waals surface area contributed by atoms with Gasteiger partial charge in [0.2, 0.25) is 0 Å². The van der Waals surface area contributed by atoms with E-state index in [0.717, 1.165) is 0 Å². The van der Waals surface area contributed by atoms with Gasteiger partial charge in [0.1, 0.15) is 6.10 Å². The Kier molecular flexibility index (Phi) is 3.63. The van der Waals surface area contributed by atoms with Crippen molar-refractivity contribution in [1.29, 1.82) is 0 Å². The Labute approximate surface area is 76.6 Å². The van der Waals surface area contributed by atoms with Crippen LogP contribution in [0.15, 0.2) is 0 Å². The molecule has 0 aliphatic carbocycles. The summed E-state index contributed by atoms with van der Waals surface area (Å²) in [6, 6.07) is 0. The highest BCUT2D eigenvalue weighted by Gasteiger charge is 2.42. The maximum absolute atomic E-state index is 9.51. The van der Waals surface area contributed by atoms with Crippen molar-refractivity contribution in [2.24, 2.45) is 5.92 Å². The molecule has 4 N–H and O–H groups in total. The summed E-state index contributed by atoms with van der Waals surface area (Å²) in [5.74, 6) is -0.330. The molecule has 1 aliphatic heterocycles. The summed E-state index contributed by atoms with van der Waals surface area (Å²) in [6.07, 6.45) is -3.75. The largest absolute Gasteiger partial charge is 0.394 e. The second-order valence-electron chi connectivity index (χ2n) is 3.30. The highest BCUT2D eigenvalue weighted by Crippen LogP contribution is 2.27. The Hall–Kier alpha value is -0.200. The Morgan fingerprint density at radius 1 is 1.15 bits per heavy atom. The molecule has 0 aromatic rings. The van der Waals surface area contributed by atoms with Crippen molar-refractivity contribution in [2.45, 2.75) is 37.9 Å². The number of hydrogen-bond donors (Lipinski definition) is 4. The van der Waals surface area contributed by atoms with Gasteiger partial charge < -0.3 is 25.2 Å². The Morgan fingerprint density at radius 2 is 1.77 bits per heavy atom. The van der Waals surface area contributed by atoms with Gasteiger partial charge in [0, 0.05) is 5.92 Å². The quantitative estimate of drug-likeness (QED) is 0.425. The summed E-state index contributed by atoms with van der Waals surface area (Å²) < 4.78 is 4.92. The van der Waals surface area contributed by atoms with Crippen molar-refractivity contribution in [2.75, 3.05) is 6.61 Å². The molecule has 0 radical (unpaired) electrons. The molecule has 1 saturated heterocycles. The van der Waals surface area contributed by atoms with Crippen molar-refractivity contribution < 1.29 is 25.2 Å². The third-order valence-corrected chi connectivity index (χ3v) is 2.52. The topological polar surface area (TPSA) is 90.2 Å². The third kappa shape index (κ3) is 2.00. The highest BCUT2D eigenvalue weighted by molar-refractivity contribution is 4.87. The normalized spacial score (nSPS) is 46.4. The molecule has 0 aromatic heterocycles. The van der Waals surface area contributed by atoms with Crippen molar-refractivity contribution in [3.8, 4) is 0 Å². The molecule has 0 bridgehead atoms. The molecule has 1 rings (SSSR count). The van der Waals surface area contributed by atoms with Crippen molar-refractivity contribution in [3.63, 3.8) is 0 Å².